The molecule has 0 radical (unpaired) electrons. The molecule has 2 rings (SSSR count). The molecule has 0 atom stereocenters. The van der Waals surface area contributed by atoms with Crippen molar-refractivity contribution in [2.24, 2.45) is 0 Å². The Morgan fingerprint density at radius 3 is 2.95 bits per heavy atom. The molecule has 0 aliphatic heterocycles. The number of aromatic nitrogens is 3. The molecule has 0 aliphatic rings. The maximum atomic E-state index is 10.5. The van der Waals surface area contributed by atoms with E-state index >= 15 is 0 Å². The second kappa shape index (κ2) is 6.18. The van der Waals surface area contributed by atoms with Crippen molar-refractivity contribution in [3.63, 3.8) is 0 Å². The van der Waals surface area contributed by atoms with Gasteiger partial charge in [-0.3, -0.25) is 4.79 Å². The van der Waals surface area contributed by atoms with Gasteiger partial charge in [-0.05, 0) is 13.0 Å². The van der Waals surface area contributed by atoms with Crippen LogP contribution in [0.25, 0.3) is 0 Å². The quantitative estimate of drug-likeness (QED) is 0.867. The number of methoxy groups -OCH3 is 1. The Balaban J connectivity index is 2.10. The summed E-state index contributed by atoms with van der Waals surface area (Å²) >= 11 is 0. The van der Waals surface area contributed by atoms with Gasteiger partial charge in [0.2, 0.25) is 0 Å². The maximum Gasteiger partial charge on any atom is 0.303 e. The van der Waals surface area contributed by atoms with Gasteiger partial charge in [0.05, 0.1) is 25.8 Å². The van der Waals surface area contributed by atoms with E-state index in [1.807, 2.05) is 25.1 Å². The average Bonchev–Trinajstić information content (AvgIpc) is 2.84. The van der Waals surface area contributed by atoms with Crippen LogP contribution in [0.4, 0.5) is 0 Å². The lowest BCUT2D eigenvalue weighted by atomic mass is 10.1. The van der Waals surface area contributed by atoms with Gasteiger partial charge in [-0.2, -0.15) is 0 Å². The SMILES string of the molecule is COc1ccc(C)cc1Cn1cc(CCC(=O)O)nn1. The summed E-state index contributed by atoms with van der Waals surface area (Å²) in [7, 11) is 1.63. The Kier molecular flexibility index (Phi) is 4.34. The highest BCUT2D eigenvalue weighted by Gasteiger charge is 2.07. The Bertz CT molecular complexity index is 607. The molecule has 1 N–H and O–H groups in total. The van der Waals surface area contributed by atoms with Gasteiger partial charge in [-0.15, -0.1) is 5.10 Å². The van der Waals surface area contributed by atoms with E-state index in [1.54, 1.807) is 18.0 Å². The van der Waals surface area contributed by atoms with Gasteiger partial charge < -0.3 is 9.84 Å². The van der Waals surface area contributed by atoms with Crippen LogP contribution in [-0.2, 0) is 17.8 Å². The molecule has 0 bridgehead atoms. The third kappa shape index (κ3) is 3.57. The Morgan fingerprint density at radius 2 is 2.25 bits per heavy atom. The third-order valence-corrected chi connectivity index (χ3v) is 2.95. The highest BCUT2D eigenvalue weighted by molar-refractivity contribution is 5.66. The fourth-order valence-corrected chi connectivity index (χ4v) is 1.97. The Labute approximate surface area is 117 Å². The van der Waals surface area contributed by atoms with Gasteiger partial charge in [0, 0.05) is 18.2 Å². The number of carbonyl (C=O) groups is 1. The molecule has 0 fully saturated rings. The first-order valence-electron chi connectivity index (χ1n) is 6.33. The maximum absolute atomic E-state index is 10.5. The minimum atomic E-state index is -0.833. The molecule has 2 aromatic rings. The highest BCUT2D eigenvalue weighted by Crippen LogP contribution is 2.20. The highest BCUT2D eigenvalue weighted by atomic mass is 16.5. The number of rotatable bonds is 6. The topological polar surface area (TPSA) is 77.2 Å². The first-order valence-corrected chi connectivity index (χ1v) is 6.33. The van der Waals surface area contributed by atoms with E-state index in [9.17, 15) is 4.79 Å². The molecule has 0 aliphatic carbocycles. The summed E-state index contributed by atoms with van der Waals surface area (Å²) in [5.41, 5.74) is 2.84. The molecule has 0 saturated heterocycles. The summed E-state index contributed by atoms with van der Waals surface area (Å²) in [5, 5.41) is 16.6. The molecule has 1 aromatic carbocycles. The fourth-order valence-electron chi connectivity index (χ4n) is 1.97. The standard InChI is InChI=1S/C14H17N3O3/c1-10-3-5-13(20-2)11(7-10)8-17-9-12(15-16-17)4-6-14(18)19/h3,5,7,9H,4,6,8H2,1-2H3,(H,18,19). The van der Waals surface area contributed by atoms with Crippen molar-refractivity contribution in [2.45, 2.75) is 26.3 Å². The number of nitrogens with zero attached hydrogens (tertiary/aromatic N) is 3. The summed E-state index contributed by atoms with van der Waals surface area (Å²) < 4.78 is 7.01. The summed E-state index contributed by atoms with van der Waals surface area (Å²) in [6, 6.07) is 5.95. The van der Waals surface area contributed by atoms with Gasteiger partial charge in [0.25, 0.3) is 0 Å². The zero-order valence-electron chi connectivity index (χ0n) is 11.5. The second-order valence-corrected chi connectivity index (χ2v) is 4.62. The summed E-state index contributed by atoms with van der Waals surface area (Å²) in [6.45, 7) is 2.56. The summed E-state index contributed by atoms with van der Waals surface area (Å²) in [6.07, 6.45) is 2.22. The predicted octanol–water partition coefficient (Wildman–Crippen LogP) is 1.66. The Morgan fingerprint density at radius 1 is 1.45 bits per heavy atom. The van der Waals surface area contributed by atoms with Crippen molar-refractivity contribution in [1.82, 2.24) is 15.0 Å². The zero-order chi connectivity index (χ0) is 14.5. The minimum Gasteiger partial charge on any atom is -0.496 e. The number of aliphatic carboxylic acids is 1. The van der Waals surface area contributed by atoms with Crippen molar-refractivity contribution < 1.29 is 14.6 Å². The van der Waals surface area contributed by atoms with Gasteiger partial charge in [0.15, 0.2) is 0 Å². The van der Waals surface area contributed by atoms with E-state index in [2.05, 4.69) is 10.3 Å². The molecule has 20 heavy (non-hydrogen) atoms. The Hall–Kier alpha value is -2.37. The number of hydrogen-bond donors (Lipinski definition) is 1. The van der Waals surface area contributed by atoms with Crippen LogP contribution in [0.3, 0.4) is 0 Å². The van der Waals surface area contributed by atoms with E-state index in [1.165, 1.54) is 0 Å². The first-order chi connectivity index (χ1) is 9.58. The van der Waals surface area contributed by atoms with Crippen LogP contribution in [-0.4, -0.2) is 33.2 Å². The van der Waals surface area contributed by atoms with Crippen LogP contribution in [0, 0.1) is 6.92 Å². The van der Waals surface area contributed by atoms with Crippen LogP contribution >= 0.6 is 0 Å². The zero-order valence-corrected chi connectivity index (χ0v) is 11.5. The van der Waals surface area contributed by atoms with E-state index < -0.39 is 5.97 Å². The van der Waals surface area contributed by atoms with Crippen molar-refractivity contribution in [3.05, 3.63) is 41.2 Å². The van der Waals surface area contributed by atoms with E-state index in [-0.39, 0.29) is 6.42 Å². The van der Waals surface area contributed by atoms with Gasteiger partial charge >= 0.3 is 5.97 Å². The van der Waals surface area contributed by atoms with Crippen LogP contribution in [0.1, 0.15) is 23.2 Å². The molecule has 1 aromatic heterocycles. The molecule has 1 heterocycles. The van der Waals surface area contributed by atoms with Gasteiger partial charge in [-0.25, -0.2) is 4.68 Å². The normalized spacial score (nSPS) is 10.5. The number of carboxylic acids is 1. The van der Waals surface area contributed by atoms with E-state index in [4.69, 9.17) is 9.84 Å². The van der Waals surface area contributed by atoms with Crippen LogP contribution in [0.5, 0.6) is 5.75 Å². The lowest BCUT2D eigenvalue weighted by Gasteiger charge is -2.09. The van der Waals surface area contributed by atoms with Crippen molar-refractivity contribution >= 4 is 5.97 Å². The molecule has 0 amide bonds. The molecule has 6 heteroatoms. The third-order valence-electron chi connectivity index (χ3n) is 2.95. The second-order valence-electron chi connectivity index (χ2n) is 4.62. The number of ether oxygens (including phenoxy) is 1. The lowest BCUT2D eigenvalue weighted by Crippen LogP contribution is -2.03. The van der Waals surface area contributed by atoms with Crippen molar-refractivity contribution in [1.29, 1.82) is 0 Å². The van der Waals surface area contributed by atoms with E-state index in [0.717, 1.165) is 16.9 Å². The number of carboxylic acid groups (broad SMARTS) is 1. The smallest absolute Gasteiger partial charge is 0.303 e. The molecular weight excluding hydrogens is 258 g/mol. The molecule has 6 nitrogen and oxygen atoms in total. The molecule has 0 saturated carbocycles. The largest absolute Gasteiger partial charge is 0.496 e. The van der Waals surface area contributed by atoms with Crippen LogP contribution in [0.15, 0.2) is 24.4 Å². The number of benzene rings is 1. The van der Waals surface area contributed by atoms with Gasteiger partial charge in [0.1, 0.15) is 5.75 Å². The summed E-state index contributed by atoms with van der Waals surface area (Å²) in [5.74, 6) is -0.0295. The minimum absolute atomic E-state index is 0.0620. The summed E-state index contributed by atoms with van der Waals surface area (Å²) in [4.78, 5) is 10.5. The first kappa shape index (κ1) is 14.0. The van der Waals surface area contributed by atoms with Crippen molar-refractivity contribution in [2.75, 3.05) is 7.11 Å². The molecule has 0 spiro atoms. The lowest BCUT2D eigenvalue weighted by molar-refractivity contribution is -0.136. The monoisotopic (exact) mass is 275 g/mol. The fraction of sp³-hybridized carbons (Fsp3) is 0.357. The number of aryl methyl sites for hydroxylation is 2. The predicted molar refractivity (Wildman–Crippen MR) is 72.8 cm³/mol. The van der Waals surface area contributed by atoms with E-state index in [0.29, 0.717) is 18.7 Å². The average molecular weight is 275 g/mol. The van der Waals surface area contributed by atoms with Gasteiger partial charge in [-0.1, -0.05) is 22.9 Å². The van der Waals surface area contributed by atoms with Crippen LogP contribution in [0.2, 0.25) is 0 Å². The number of hydrogen-bond acceptors (Lipinski definition) is 4. The molecule has 106 valence electrons. The molecule has 0 unspecified atom stereocenters. The van der Waals surface area contributed by atoms with Crippen LogP contribution < -0.4 is 4.74 Å². The van der Waals surface area contributed by atoms with Crippen molar-refractivity contribution in [3.8, 4) is 5.75 Å². The molecular formula is C14H17N3O3.